The van der Waals surface area contributed by atoms with Crippen molar-refractivity contribution in [3.63, 3.8) is 0 Å². The Bertz CT molecular complexity index is 793. The lowest BCUT2D eigenvalue weighted by Crippen LogP contribution is -1.93. The number of nitrogens with one attached hydrogen (secondary N) is 2. The van der Waals surface area contributed by atoms with Gasteiger partial charge in [0, 0.05) is 23.7 Å². The number of nitrogens with zero attached hydrogens (tertiary/aromatic N) is 1. The Kier molecular flexibility index (Phi) is 7.14. The molecule has 144 valence electrons. The number of aromatic amines is 2. The number of ether oxygens (including phenoxy) is 1. The molecule has 0 atom stereocenters. The quantitative estimate of drug-likeness (QED) is 0.471. The number of H-pyrrole nitrogens is 2. The Morgan fingerprint density at radius 1 is 1.04 bits per heavy atom. The van der Waals surface area contributed by atoms with Gasteiger partial charge in [-0.2, -0.15) is 0 Å². The predicted molar refractivity (Wildman–Crippen MR) is 113 cm³/mol. The summed E-state index contributed by atoms with van der Waals surface area (Å²) in [6, 6.07) is 8.30. The van der Waals surface area contributed by atoms with Gasteiger partial charge in [0.25, 0.3) is 0 Å². The van der Waals surface area contributed by atoms with Gasteiger partial charge in [0.05, 0.1) is 18.5 Å². The molecular formula is C23H31N3O. The maximum absolute atomic E-state index is 5.50. The average Bonchev–Trinajstić information content (AvgIpc) is 3.42. The largest absolute Gasteiger partial charge is 0.494 e. The molecule has 0 radical (unpaired) electrons. The third-order valence-electron chi connectivity index (χ3n) is 4.97. The van der Waals surface area contributed by atoms with E-state index in [9.17, 15) is 0 Å². The van der Waals surface area contributed by atoms with E-state index in [1.165, 1.54) is 50.6 Å². The van der Waals surface area contributed by atoms with E-state index in [2.05, 4.69) is 35.1 Å². The number of methoxy groups -OCH3 is 1. The van der Waals surface area contributed by atoms with Crippen LogP contribution in [0.15, 0.2) is 53.0 Å². The monoisotopic (exact) mass is 365 g/mol. The molecule has 0 unspecified atom stereocenters. The SMILES string of the molecule is CCCCCCCCCc1ccc(C=C2N=C(c3ccc[nH]3)C=C2OC)[nH]1. The fourth-order valence-corrected chi connectivity index (χ4v) is 3.42. The van der Waals surface area contributed by atoms with Crippen molar-refractivity contribution in [1.82, 2.24) is 9.97 Å². The number of aryl methyl sites for hydroxylation is 1. The van der Waals surface area contributed by atoms with Crippen LogP contribution in [0.25, 0.3) is 6.08 Å². The third-order valence-corrected chi connectivity index (χ3v) is 4.97. The summed E-state index contributed by atoms with van der Waals surface area (Å²) >= 11 is 0. The zero-order chi connectivity index (χ0) is 18.9. The highest BCUT2D eigenvalue weighted by Gasteiger charge is 2.17. The Morgan fingerprint density at radius 3 is 2.59 bits per heavy atom. The summed E-state index contributed by atoms with van der Waals surface area (Å²) in [6.45, 7) is 2.27. The summed E-state index contributed by atoms with van der Waals surface area (Å²) in [5, 5.41) is 0. The lowest BCUT2D eigenvalue weighted by molar-refractivity contribution is 0.303. The fourth-order valence-electron chi connectivity index (χ4n) is 3.42. The van der Waals surface area contributed by atoms with E-state index in [1.807, 2.05) is 24.4 Å². The van der Waals surface area contributed by atoms with Crippen LogP contribution in [0.2, 0.25) is 0 Å². The van der Waals surface area contributed by atoms with Gasteiger partial charge in [-0.05, 0) is 43.2 Å². The maximum Gasteiger partial charge on any atom is 0.146 e. The molecule has 4 heteroatoms. The van der Waals surface area contributed by atoms with Crippen molar-refractivity contribution in [2.45, 2.75) is 58.3 Å². The highest BCUT2D eigenvalue weighted by Crippen LogP contribution is 2.24. The molecule has 4 nitrogen and oxygen atoms in total. The Balaban J connectivity index is 1.54. The summed E-state index contributed by atoms with van der Waals surface area (Å²) in [5.41, 5.74) is 5.12. The van der Waals surface area contributed by atoms with E-state index in [0.717, 1.165) is 35.0 Å². The highest BCUT2D eigenvalue weighted by molar-refractivity contribution is 6.11. The van der Waals surface area contributed by atoms with Crippen LogP contribution >= 0.6 is 0 Å². The van der Waals surface area contributed by atoms with Crippen LogP contribution in [0, 0.1) is 0 Å². The molecule has 27 heavy (non-hydrogen) atoms. The van der Waals surface area contributed by atoms with Crippen LogP contribution in [0.3, 0.4) is 0 Å². The summed E-state index contributed by atoms with van der Waals surface area (Å²) < 4.78 is 5.50. The van der Waals surface area contributed by atoms with Gasteiger partial charge >= 0.3 is 0 Å². The molecule has 1 aliphatic heterocycles. The number of aliphatic imine (C=N–C) groups is 1. The van der Waals surface area contributed by atoms with E-state index in [4.69, 9.17) is 9.73 Å². The standard InChI is InChI=1S/C23H31N3O/c1-3-4-5-6-7-8-9-11-18-13-14-19(25-18)16-22-23(27-2)17-21(26-22)20-12-10-15-24-20/h10,12-17,24-25H,3-9,11H2,1-2H3. The number of hydrogen-bond acceptors (Lipinski definition) is 2. The van der Waals surface area contributed by atoms with Crippen molar-refractivity contribution < 1.29 is 4.74 Å². The minimum absolute atomic E-state index is 0.794. The molecule has 3 rings (SSSR count). The first-order valence-corrected chi connectivity index (χ1v) is 10.2. The van der Waals surface area contributed by atoms with Gasteiger partial charge in [-0.15, -0.1) is 0 Å². The van der Waals surface area contributed by atoms with Crippen LogP contribution in [0.1, 0.15) is 69.0 Å². The molecule has 0 saturated carbocycles. The molecule has 0 saturated heterocycles. The Labute approximate surface area is 162 Å². The minimum Gasteiger partial charge on any atom is -0.494 e. The molecule has 0 fully saturated rings. The zero-order valence-electron chi connectivity index (χ0n) is 16.6. The van der Waals surface area contributed by atoms with E-state index >= 15 is 0 Å². The third kappa shape index (κ3) is 5.49. The van der Waals surface area contributed by atoms with Gasteiger partial charge in [0.15, 0.2) is 0 Å². The second kappa shape index (κ2) is 10.0. The molecule has 3 heterocycles. The Morgan fingerprint density at radius 2 is 1.85 bits per heavy atom. The molecular weight excluding hydrogens is 334 g/mol. The van der Waals surface area contributed by atoms with Gasteiger partial charge < -0.3 is 14.7 Å². The fraction of sp³-hybridized carbons (Fsp3) is 0.435. The van der Waals surface area contributed by atoms with Crippen molar-refractivity contribution >= 4 is 11.8 Å². The number of aromatic nitrogens is 2. The van der Waals surface area contributed by atoms with E-state index in [1.54, 1.807) is 7.11 Å². The molecule has 0 aliphatic carbocycles. The van der Waals surface area contributed by atoms with Crippen LogP contribution in [-0.4, -0.2) is 22.8 Å². The normalized spacial score (nSPS) is 15.3. The second-order valence-corrected chi connectivity index (χ2v) is 7.13. The van der Waals surface area contributed by atoms with Crippen molar-refractivity contribution in [2.75, 3.05) is 7.11 Å². The van der Waals surface area contributed by atoms with Crippen LogP contribution < -0.4 is 0 Å². The average molecular weight is 366 g/mol. The smallest absolute Gasteiger partial charge is 0.146 e. The molecule has 0 aromatic carbocycles. The number of unbranched alkanes of at least 4 members (excludes halogenated alkanes) is 6. The van der Waals surface area contributed by atoms with Crippen molar-refractivity contribution in [3.8, 4) is 0 Å². The summed E-state index contributed by atoms with van der Waals surface area (Å²) in [5.74, 6) is 0.794. The topological polar surface area (TPSA) is 53.2 Å². The van der Waals surface area contributed by atoms with E-state index in [0.29, 0.717) is 0 Å². The minimum atomic E-state index is 0.794. The summed E-state index contributed by atoms with van der Waals surface area (Å²) in [7, 11) is 1.69. The van der Waals surface area contributed by atoms with Gasteiger partial charge in [-0.25, -0.2) is 4.99 Å². The molecule has 0 bridgehead atoms. The zero-order valence-corrected chi connectivity index (χ0v) is 16.6. The molecule has 0 amide bonds. The van der Waals surface area contributed by atoms with Gasteiger partial charge in [0.1, 0.15) is 11.5 Å². The second-order valence-electron chi connectivity index (χ2n) is 7.13. The van der Waals surface area contributed by atoms with Crippen molar-refractivity contribution in [2.24, 2.45) is 4.99 Å². The first kappa shape index (κ1) is 19.3. The molecule has 2 N–H and O–H groups in total. The number of rotatable bonds is 11. The van der Waals surface area contributed by atoms with Gasteiger partial charge in [-0.3, -0.25) is 0 Å². The van der Waals surface area contributed by atoms with Gasteiger partial charge in [0.2, 0.25) is 0 Å². The predicted octanol–water partition coefficient (Wildman–Crippen LogP) is 6.01. The Hall–Kier alpha value is -2.49. The van der Waals surface area contributed by atoms with Crippen LogP contribution in [-0.2, 0) is 11.2 Å². The maximum atomic E-state index is 5.50. The number of allylic oxidation sites excluding steroid dienone is 1. The first-order chi connectivity index (χ1) is 13.3. The van der Waals surface area contributed by atoms with Gasteiger partial charge in [-0.1, -0.05) is 45.4 Å². The van der Waals surface area contributed by atoms with Crippen molar-refractivity contribution in [3.05, 3.63) is 65.1 Å². The number of hydrogen-bond donors (Lipinski definition) is 2. The lowest BCUT2D eigenvalue weighted by Gasteiger charge is -2.01. The molecule has 2 aromatic rings. The lowest BCUT2D eigenvalue weighted by atomic mass is 10.1. The van der Waals surface area contributed by atoms with Crippen LogP contribution in [0.5, 0.6) is 0 Å². The summed E-state index contributed by atoms with van der Waals surface area (Å²) in [4.78, 5) is 11.4. The molecule has 2 aromatic heterocycles. The van der Waals surface area contributed by atoms with Crippen LogP contribution in [0.4, 0.5) is 0 Å². The summed E-state index contributed by atoms with van der Waals surface area (Å²) in [6.07, 6.45) is 16.4. The van der Waals surface area contributed by atoms with E-state index < -0.39 is 0 Å². The van der Waals surface area contributed by atoms with Crippen molar-refractivity contribution in [1.29, 1.82) is 0 Å². The first-order valence-electron chi connectivity index (χ1n) is 10.2. The van der Waals surface area contributed by atoms with E-state index in [-0.39, 0.29) is 0 Å². The highest BCUT2D eigenvalue weighted by atomic mass is 16.5. The molecule has 0 spiro atoms. The molecule has 1 aliphatic rings.